The topological polar surface area (TPSA) is 20.2 Å². The maximum absolute atomic E-state index is 9.16. The number of rotatable bonds is 0. The summed E-state index contributed by atoms with van der Waals surface area (Å²) in [5.74, 6) is 1.23. The predicted octanol–water partition coefficient (Wildman–Crippen LogP) is 1.26. The fourth-order valence-corrected chi connectivity index (χ4v) is 1.97. The zero-order valence-electron chi connectivity index (χ0n) is 5.13. The van der Waals surface area contributed by atoms with E-state index >= 15 is 0 Å². The van der Waals surface area contributed by atoms with Crippen molar-refractivity contribution in [2.75, 3.05) is 5.75 Å². The Labute approximate surface area is 54.5 Å². The average Bonchev–Trinajstić information content (AvgIpc) is 1.77. The Balaban J connectivity index is 2.28. The molecule has 1 fully saturated rings. The quantitative estimate of drug-likeness (QED) is 0.535. The molecule has 1 heterocycles. The van der Waals surface area contributed by atoms with Crippen LogP contribution in [0, 0.1) is 0 Å². The maximum Gasteiger partial charge on any atom is 0.0656 e. The van der Waals surface area contributed by atoms with Crippen molar-refractivity contribution in [1.29, 1.82) is 0 Å². The van der Waals surface area contributed by atoms with Gasteiger partial charge >= 0.3 is 0 Å². The van der Waals surface area contributed by atoms with Crippen LogP contribution in [0.1, 0.15) is 19.8 Å². The fourth-order valence-electron chi connectivity index (χ4n) is 0.907. The Hall–Kier alpha value is 0.310. The molecule has 0 aromatic rings. The van der Waals surface area contributed by atoms with E-state index in [9.17, 15) is 0 Å². The van der Waals surface area contributed by atoms with Gasteiger partial charge in [-0.3, -0.25) is 0 Å². The summed E-state index contributed by atoms with van der Waals surface area (Å²) in [6, 6.07) is 0. The van der Waals surface area contributed by atoms with E-state index in [1.807, 2.05) is 11.8 Å². The molecular weight excluding hydrogens is 120 g/mol. The van der Waals surface area contributed by atoms with Gasteiger partial charge in [-0.2, -0.15) is 11.8 Å². The van der Waals surface area contributed by atoms with Crippen LogP contribution >= 0.6 is 11.8 Å². The molecule has 0 bridgehead atoms. The van der Waals surface area contributed by atoms with Crippen molar-refractivity contribution in [3.63, 3.8) is 0 Å². The van der Waals surface area contributed by atoms with Crippen LogP contribution in [-0.2, 0) is 0 Å². The Morgan fingerprint density at radius 1 is 1.62 bits per heavy atom. The van der Waals surface area contributed by atoms with Crippen LogP contribution in [0.3, 0.4) is 0 Å². The van der Waals surface area contributed by atoms with Crippen molar-refractivity contribution in [3.05, 3.63) is 0 Å². The largest absolute Gasteiger partial charge is 0.392 e. The molecule has 0 radical (unpaired) electrons. The minimum atomic E-state index is -0.0336. The number of hydrogen-bond acceptors (Lipinski definition) is 2. The SMILES string of the molecule is C[C@H]1SCCC[C@@H]1O. The molecule has 1 rings (SSSR count). The molecule has 2 heteroatoms. The monoisotopic (exact) mass is 132 g/mol. The van der Waals surface area contributed by atoms with Gasteiger partial charge < -0.3 is 5.11 Å². The summed E-state index contributed by atoms with van der Waals surface area (Å²) in [6.45, 7) is 2.09. The molecule has 1 saturated heterocycles. The molecule has 0 spiro atoms. The van der Waals surface area contributed by atoms with E-state index in [-0.39, 0.29) is 6.10 Å². The van der Waals surface area contributed by atoms with Gasteiger partial charge in [0.05, 0.1) is 6.10 Å². The van der Waals surface area contributed by atoms with Gasteiger partial charge in [0, 0.05) is 5.25 Å². The Morgan fingerprint density at radius 3 is 2.75 bits per heavy atom. The second-order valence-corrected chi connectivity index (χ2v) is 3.77. The van der Waals surface area contributed by atoms with Gasteiger partial charge in [0.25, 0.3) is 0 Å². The van der Waals surface area contributed by atoms with Crippen LogP contribution < -0.4 is 0 Å². The third-order valence-corrected chi connectivity index (χ3v) is 2.93. The maximum atomic E-state index is 9.16. The third kappa shape index (κ3) is 1.39. The molecule has 0 unspecified atom stereocenters. The number of aliphatic hydroxyl groups excluding tert-OH is 1. The Bertz CT molecular complexity index is 64.9. The zero-order chi connectivity index (χ0) is 5.98. The predicted molar refractivity (Wildman–Crippen MR) is 37.2 cm³/mol. The minimum Gasteiger partial charge on any atom is -0.392 e. The summed E-state index contributed by atoms with van der Waals surface area (Å²) in [4.78, 5) is 0. The fraction of sp³-hybridized carbons (Fsp3) is 1.00. The van der Waals surface area contributed by atoms with Gasteiger partial charge in [-0.25, -0.2) is 0 Å². The first-order valence-electron chi connectivity index (χ1n) is 3.10. The van der Waals surface area contributed by atoms with Crippen LogP contribution in [0.4, 0.5) is 0 Å². The number of hydrogen-bond donors (Lipinski definition) is 1. The lowest BCUT2D eigenvalue weighted by Crippen LogP contribution is -2.24. The van der Waals surface area contributed by atoms with Crippen molar-refractivity contribution < 1.29 is 5.11 Å². The zero-order valence-corrected chi connectivity index (χ0v) is 5.95. The van der Waals surface area contributed by atoms with Crippen molar-refractivity contribution in [2.24, 2.45) is 0 Å². The number of thioether (sulfide) groups is 1. The highest BCUT2D eigenvalue weighted by Gasteiger charge is 2.17. The van der Waals surface area contributed by atoms with E-state index < -0.39 is 0 Å². The van der Waals surface area contributed by atoms with E-state index in [0.29, 0.717) is 5.25 Å². The molecule has 8 heavy (non-hydrogen) atoms. The van der Waals surface area contributed by atoms with Crippen molar-refractivity contribution >= 4 is 11.8 Å². The van der Waals surface area contributed by atoms with Crippen molar-refractivity contribution in [3.8, 4) is 0 Å². The summed E-state index contributed by atoms with van der Waals surface area (Å²) < 4.78 is 0. The summed E-state index contributed by atoms with van der Waals surface area (Å²) in [5.41, 5.74) is 0. The van der Waals surface area contributed by atoms with E-state index in [4.69, 9.17) is 5.11 Å². The molecule has 0 amide bonds. The average molecular weight is 132 g/mol. The summed E-state index contributed by atoms with van der Waals surface area (Å²) in [7, 11) is 0. The first kappa shape index (κ1) is 6.43. The summed E-state index contributed by atoms with van der Waals surface area (Å²) in [5, 5.41) is 9.63. The van der Waals surface area contributed by atoms with Gasteiger partial charge in [0.15, 0.2) is 0 Å². The molecule has 1 N–H and O–H groups in total. The molecule has 48 valence electrons. The standard InChI is InChI=1S/C6H12OS/c1-5-6(7)3-2-4-8-5/h5-7H,2-4H2,1H3/t5-,6+/m1/s1. The highest BCUT2D eigenvalue weighted by molar-refractivity contribution is 7.99. The molecule has 0 saturated carbocycles. The van der Waals surface area contributed by atoms with E-state index in [1.165, 1.54) is 12.2 Å². The first-order chi connectivity index (χ1) is 3.80. The van der Waals surface area contributed by atoms with Gasteiger partial charge in [-0.15, -0.1) is 0 Å². The van der Waals surface area contributed by atoms with E-state index in [1.54, 1.807) is 0 Å². The van der Waals surface area contributed by atoms with Crippen LogP contribution in [0.25, 0.3) is 0 Å². The number of aliphatic hydroxyl groups is 1. The van der Waals surface area contributed by atoms with Gasteiger partial charge in [-0.1, -0.05) is 6.92 Å². The van der Waals surface area contributed by atoms with Crippen LogP contribution in [-0.4, -0.2) is 22.2 Å². The van der Waals surface area contributed by atoms with Crippen LogP contribution in [0.15, 0.2) is 0 Å². The second-order valence-electron chi connectivity index (χ2n) is 2.29. The lowest BCUT2D eigenvalue weighted by Gasteiger charge is -2.22. The third-order valence-electron chi connectivity index (χ3n) is 1.57. The summed E-state index contributed by atoms with van der Waals surface area (Å²) in [6.07, 6.45) is 2.17. The highest BCUT2D eigenvalue weighted by Crippen LogP contribution is 2.24. The smallest absolute Gasteiger partial charge is 0.0656 e. The van der Waals surface area contributed by atoms with Crippen LogP contribution in [0.2, 0.25) is 0 Å². The molecule has 0 aromatic heterocycles. The van der Waals surface area contributed by atoms with E-state index in [2.05, 4.69) is 6.92 Å². The Morgan fingerprint density at radius 2 is 2.38 bits per heavy atom. The summed E-state index contributed by atoms with van der Waals surface area (Å²) >= 11 is 1.88. The minimum absolute atomic E-state index is 0.0336. The lowest BCUT2D eigenvalue weighted by atomic mass is 10.1. The molecule has 0 aromatic carbocycles. The van der Waals surface area contributed by atoms with Gasteiger partial charge in [0.1, 0.15) is 0 Å². The molecule has 1 nitrogen and oxygen atoms in total. The normalized spacial score (nSPS) is 39.8. The first-order valence-corrected chi connectivity index (χ1v) is 4.15. The van der Waals surface area contributed by atoms with Gasteiger partial charge in [-0.05, 0) is 18.6 Å². The highest BCUT2D eigenvalue weighted by atomic mass is 32.2. The molecule has 1 aliphatic rings. The van der Waals surface area contributed by atoms with Gasteiger partial charge in [0.2, 0.25) is 0 Å². The Kier molecular flexibility index (Phi) is 2.20. The second kappa shape index (κ2) is 2.74. The molecule has 1 aliphatic heterocycles. The van der Waals surface area contributed by atoms with E-state index in [0.717, 1.165) is 6.42 Å². The lowest BCUT2D eigenvalue weighted by molar-refractivity contribution is 0.161. The van der Waals surface area contributed by atoms with Crippen molar-refractivity contribution in [1.82, 2.24) is 0 Å². The van der Waals surface area contributed by atoms with Crippen molar-refractivity contribution in [2.45, 2.75) is 31.1 Å². The molecular formula is C6H12OS. The molecule has 0 aliphatic carbocycles. The van der Waals surface area contributed by atoms with Crippen LogP contribution in [0.5, 0.6) is 0 Å². The molecule has 2 atom stereocenters.